The van der Waals surface area contributed by atoms with Crippen molar-refractivity contribution in [2.24, 2.45) is 17.8 Å². The number of ketones is 2. The first-order valence-electron chi connectivity index (χ1n) is 8.88. The number of aromatic amines is 1. The zero-order chi connectivity index (χ0) is 18.4. The van der Waals surface area contributed by atoms with Gasteiger partial charge in [0.1, 0.15) is 5.78 Å². The number of nitrogens with zero attached hydrogens (tertiary/aromatic N) is 1. The molecule has 0 spiro atoms. The van der Waals surface area contributed by atoms with Gasteiger partial charge in [0.05, 0.1) is 12.0 Å². The second-order valence-corrected chi connectivity index (χ2v) is 6.86. The predicted molar refractivity (Wildman–Crippen MR) is 90.0 cm³/mol. The molecule has 1 aromatic rings. The lowest BCUT2D eigenvalue weighted by molar-refractivity contribution is -0.147. The Balaban J connectivity index is 1.70. The van der Waals surface area contributed by atoms with E-state index in [0.717, 1.165) is 25.7 Å². The summed E-state index contributed by atoms with van der Waals surface area (Å²) < 4.78 is 0. The number of rotatable bonds is 10. The van der Waals surface area contributed by atoms with Gasteiger partial charge in [0, 0.05) is 37.1 Å². The van der Waals surface area contributed by atoms with Crippen LogP contribution in [0.15, 0.2) is 12.4 Å². The van der Waals surface area contributed by atoms with Crippen LogP contribution < -0.4 is 0 Å². The topological polar surface area (TPSA) is 120 Å². The molecule has 7 nitrogen and oxygen atoms in total. The fourth-order valence-electron chi connectivity index (χ4n) is 3.72. The molecule has 25 heavy (non-hydrogen) atoms. The highest BCUT2D eigenvalue weighted by Crippen LogP contribution is 2.39. The molecule has 2 unspecified atom stereocenters. The molecular weight excluding hydrogens is 324 g/mol. The molecule has 2 rings (SSSR count). The molecule has 0 aromatic carbocycles. The molecule has 7 heteroatoms. The van der Waals surface area contributed by atoms with E-state index in [1.807, 2.05) is 0 Å². The molecule has 1 aromatic heterocycles. The summed E-state index contributed by atoms with van der Waals surface area (Å²) in [4.78, 5) is 42.1. The smallest absolute Gasteiger partial charge is 0.307 e. The van der Waals surface area contributed by atoms with Crippen LogP contribution in [0.25, 0.3) is 0 Å². The SMILES string of the molecule is CC(O)[C@@H]1CC(=O)C(CCCCCCC(=O)c2ncc[nH]2)[C@@H]1C(=O)O. The average molecular weight is 350 g/mol. The van der Waals surface area contributed by atoms with E-state index >= 15 is 0 Å². The molecule has 1 aliphatic rings. The first-order chi connectivity index (χ1) is 11.9. The van der Waals surface area contributed by atoms with Gasteiger partial charge in [0.25, 0.3) is 0 Å². The van der Waals surface area contributed by atoms with Crippen LogP contribution in [0.2, 0.25) is 0 Å². The number of carbonyl (C=O) groups excluding carboxylic acids is 2. The van der Waals surface area contributed by atoms with Crippen molar-refractivity contribution in [1.29, 1.82) is 0 Å². The first-order valence-corrected chi connectivity index (χ1v) is 8.88. The minimum atomic E-state index is -0.995. The Morgan fingerprint density at radius 3 is 2.64 bits per heavy atom. The number of H-pyrrole nitrogens is 1. The third-order valence-corrected chi connectivity index (χ3v) is 5.08. The van der Waals surface area contributed by atoms with Crippen LogP contribution in [0, 0.1) is 17.8 Å². The van der Waals surface area contributed by atoms with Crippen LogP contribution >= 0.6 is 0 Å². The molecule has 138 valence electrons. The van der Waals surface area contributed by atoms with Crippen molar-refractivity contribution < 1.29 is 24.6 Å². The molecule has 0 radical (unpaired) electrons. The Kier molecular flexibility index (Phi) is 6.87. The standard InChI is InChI=1S/C18H26N2O5/c1-11(21)13-10-15(23)12(16(13)18(24)25)6-4-2-3-5-7-14(22)17-19-8-9-20-17/h8-9,11-13,16,21H,2-7,10H2,1H3,(H,19,20)(H,24,25)/t11?,12?,13-,16-/m0/s1. The number of hydrogen-bond acceptors (Lipinski definition) is 5. The third kappa shape index (κ3) is 4.98. The summed E-state index contributed by atoms with van der Waals surface area (Å²) in [6.07, 6.45) is 6.68. The summed E-state index contributed by atoms with van der Waals surface area (Å²) >= 11 is 0. The van der Waals surface area contributed by atoms with E-state index in [-0.39, 0.29) is 18.0 Å². The second kappa shape index (κ2) is 8.89. The highest BCUT2D eigenvalue weighted by Gasteiger charge is 2.47. The lowest BCUT2D eigenvalue weighted by atomic mass is 9.84. The van der Waals surface area contributed by atoms with Gasteiger partial charge in [-0.15, -0.1) is 0 Å². The van der Waals surface area contributed by atoms with E-state index < -0.39 is 29.8 Å². The van der Waals surface area contributed by atoms with Gasteiger partial charge in [-0.2, -0.15) is 0 Å². The molecule has 1 fully saturated rings. The monoisotopic (exact) mass is 350 g/mol. The van der Waals surface area contributed by atoms with E-state index in [1.165, 1.54) is 0 Å². The maximum Gasteiger partial charge on any atom is 0.307 e. The molecule has 1 saturated carbocycles. The maximum absolute atomic E-state index is 12.1. The molecule has 3 N–H and O–H groups in total. The van der Waals surface area contributed by atoms with Crippen molar-refractivity contribution >= 4 is 17.5 Å². The first kappa shape index (κ1) is 19.3. The van der Waals surface area contributed by atoms with Gasteiger partial charge in [-0.1, -0.05) is 19.3 Å². The van der Waals surface area contributed by atoms with Gasteiger partial charge < -0.3 is 15.2 Å². The maximum atomic E-state index is 12.1. The number of aromatic nitrogens is 2. The molecule has 1 aliphatic carbocycles. The fourth-order valence-corrected chi connectivity index (χ4v) is 3.72. The minimum Gasteiger partial charge on any atom is -0.481 e. The molecule has 0 saturated heterocycles. The van der Waals surface area contributed by atoms with Gasteiger partial charge in [-0.25, -0.2) is 4.98 Å². The van der Waals surface area contributed by atoms with Crippen molar-refractivity contribution in [3.05, 3.63) is 18.2 Å². The second-order valence-electron chi connectivity index (χ2n) is 6.86. The Labute approximate surface area is 146 Å². The van der Waals surface area contributed by atoms with Gasteiger partial charge in [0.2, 0.25) is 0 Å². The van der Waals surface area contributed by atoms with E-state index in [4.69, 9.17) is 0 Å². The number of nitrogens with one attached hydrogen (secondary N) is 1. The van der Waals surface area contributed by atoms with Crippen molar-refractivity contribution in [1.82, 2.24) is 9.97 Å². The Bertz CT molecular complexity index is 597. The number of imidazole rings is 1. The normalized spacial score (nSPS) is 24.4. The van der Waals surface area contributed by atoms with Gasteiger partial charge in [-0.3, -0.25) is 14.4 Å². The zero-order valence-electron chi connectivity index (χ0n) is 14.5. The van der Waals surface area contributed by atoms with E-state index in [9.17, 15) is 24.6 Å². The largest absolute Gasteiger partial charge is 0.481 e. The summed E-state index contributed by atoms with van der Waals surface area (Å²) in [7, 11) is 0. The van der Waals surface area contributed by atoms with Crippen LogP contribution in [-0.4, -0.2) is 43.8 Å². The Hall–Kier alpha value is -2.02. The lowest BCUT2D eigenvalue weighted by Gasteiger charge is -2.21. The number of aliphatic carboxylic acids is 1. The minimum absolute atomic E-state index is 0.0123. The van der Waals surface area contributed by atoms with E-state index in [1.54, 1.807) is 19.3 Å². The van der Waals surface area contributed by atoms with Gasteiger partial charge in [-0.05, 0) is 19.8 Å². The van der Waals surface area contributed by atoms with Crippen LogP contribution in [-0.2, 0) is 9.59 Å². The summed E-state index contributed by atoms with van der Waals surface area (Å²) in [6, 6.07) is 0. The average Bonchev–Trinajstić information content (AvgIpc) is 3.18. The highest BCUT2D eigenvalue weighted by atomic mass is 16.4. The number of hydrogen-bond donors (Lipinski definition) is 3. The zero-order valence-corrected chi connectivity index (χ0v) is 14.5. The fraction of sp³-hybridized carbons (Fsp3) is 0.667. The number of aliphatic hydroxyl groups excluding tert-OH is 1. The Morgan fingerprint density at radius 1 is 1.32 bits per heavy atom. The van der Waals surface area contributed by atoms with Gasteiger partial charge >= 0.3 is 5.97 Å². The van der Waals surface area contributed by atoms with Crippen LogP contribution in [0.5, 0.6) is 0 Å². The summed E-state index contributed by atoms with van der Waals surface area (Å²) in [5.74, 6) is -2.44. The molecule has 1 heterocycles. The molecule has 0 amide bonds. The Morgan fingerprint density at radius 2 is 2.04 bits per heavy atom. The molecule has 0 aliphatic heterocycles. The lowest BCUT2D eigenvalue weighted by Crippen LogP contribution is -2.31. The summed E-state index contributed by atoms with van der Waals surface area (Å²) in [5, 5.41) is 19.1. The van der Waals surface area contributed by atoms with Crippen molar-refractivity contribution in [3.8, 4) is 0 Å². The number of carboxylic acids is 1. The predicted octanol–water partition coefficient (Wildman–Crippen LogP) is 2.22. The number of Topliss-reactive ketones (excluding diaryl/α,β-unsaturated/α-hetero) is 2. The number of unbranched alkanes of at least 4 members (excludes halogenated alkanes) is 3. The third-order valence-electron chi connectivity index (χ3n) is 5.08. The van der Waals surface area contributed by atoms with E-state index in [0.29, 0.717) is 18.7 Å². The highest BCUT2D eigenvalue weighted by molar-refractivity contribution is 5.92. The molecule has 0 bridgehead atoms. The molecular formula is C18H26N2O5. The number of aliphatic hydroxyl groups is 1. The molecule has 4 atom stereocenters. The van der Waals surface area contributed by atoms with Crippen LogP contribution in [0.1, 0.15) is 62.5 Å². The number of carboxylic acid groups (broad SMARTS) is 1. The van der Waals surface area contributed by atoms with Crippen LogP contribution in [0.3, 0.4) is 0 Å². The number of carbonyl (C=O) groups is 3. The van der Waals surface area contributed by atoms with Crippen molar-refractivity contribution in [2.45, 2.75) is 58.0 Å². The van der Waals surface area contributed by atoms with Crippen LogP contribution in [0.4, 0.5) is 0 Å². The summed E-state index contributed by atoms with van der Waals surface area (Å²) in [6.45, 7) is 1.55. The van der Waals surface area contributed by atoms with E-state index in [2.05, 4.69) is 9.97 Å². The summed E-state index contributed by atoms with van der Waals surface area (Å²) in [5.41, 5.74) is 0. The quantitative estimate of drug-likeness (QED) is 0.439. The van der Waals surface area contributed by atoms with Crippen molar-refractivity contribution in [3.63, 3.8) is 0 Å². The van der Waals surface area contributed by atoms with Gasteiger partial charge in [0.15, 0.2) is 11.6 Å². The van der Waals surface area contributed by atoms with Crippen molar-refractivity contribution in [2.75, 3.05) is 0 Å².